The van der Waals surface area contributed by atoms with Gasteiger partial charge in [-0.1, -0.05) is 11.2 Å². The highest BCUT2D eigenvalue weighted by Gasteiger charge is 2.48. The van der Waals surface area contributed by atoms with E-state index in [1.54, 1.807) is 37.3 Å². The summed E-state index contributed by atoms with van der Waals surface area (Å²) in [5.74, 6) is -0.884. The fraction of sp³-hybridized carbons (Fsp3) is 0.208. The Kier molecular flexibility index (Phi) is 5.78. The summed E-state index contributed by atoms with van der Waals surface area (Å²) in [5, 5.41) is 25.0. The van der Waals surface area contributed by atoms with Crippen LogP contribution in [0.4, 0.5) is 5.82 Å². The Bertz CT molecular complexity index is 1240. The van der Waals surface area contributed by atoms with Crippen molar-refractivity contribution in [2.75, 3.05) is 18.6 Å². The van der Waals surface area contributed by atoms with Crippen LogP contribution in [0.1, 0.15) is 29.9 Å². The molecular weight excluding hydrogens is 428 g/mol. The average Bonchev–Trinajstić information content (AvgIpc) is 3.35. The van der Waals surface area contributed by atoms with Gasteiger partial charge in [0.25, 0.3) is 5.78 Å². The molecule has 1 atom stereocenters. The Morgan fingerprint density at radius 1 is 1.15 bits per heavy atom. The zero-order valence-corrected chi connectivity index (χ0v) is 18.2. The average molecular weight is 450 g/mol. The lowest BCUT2D eigenvalue weighted by molar-refractivity contribution is -0.132. The molecule has 2 aromatic carbocycles. The molecule has 1 amide bonds. The standard InChI is InChI=1S/C24H22N2O7/c1-4-32-16-8-5-14(6-9-16)22(28)20-21(15-7-10-17(27)18(12-15)31-3)26(24(30)23(20)29)19-11-13(2)33-25-19/h5-12,21,27-28H,4H2,1-3H3. The van der Waals surface area contributed by atoms with Gasteiger partial charge in [0.2, 0.25) is 0 Å². The summed E-state index contributed by atoms with van der Waals surface area (Å²) in [6, 6.07) is 11.4. The monoisotopic (exact) mass is 450 g/mol. The zero-order chi connectivity index (χ0) is 23.7. The molecule has 33 heavy (non-hydrogen) atoms. The number of aromatic hydroxyl groups is 1. The Balaban J connectivity index is 1.90. The summed E-state index contributed by atoms with van der Waals surface area (Å²) in [6.07, 6.45) is 0. The number of carbonyl (C=O) groups is 2. The molecule has 1 aromatic heterocycles. The second kappa shape index (κ2) is 8.70. The van der Waals surface area contributed by atoms with Crippen LogP contribution in [-0.2, 0) is 9.59 Å². The van der Waals surface area contributed by atoms with Crippen LogP contribution in [0, 0.1) is 6.92 Å². The van der Waals surface area contributed by atoms with Crippen molar-refractivity contribution >= 4 is 23.3 Å². The quantitative estimate of drug-likeness (QED) is 0.331. The van der Waals surface area contributed by atoms with Gasteiger partial charge >= 0.3 is 5.91 Å². The number of methoxy groups -OCH3 is 1. The van der Waals surface area contributed by atoms with E-state index in [1.807, 2.05) is 6.92 Å². The molecule has 0 bridgehead atoms. The first-order chi connectivity index (χ1) is 15.8. The van der Waals surface area contributed by atoms with Crippen LogP contribution in [0.3, 0.4) is 0 Å². The van der Waals surface area contributed by atoms with Crippen molar-refractivity contribution in [2.45, 2.75) is 19.9 Å². The second-order valence-electron chi connectivity index (χ2n) is 7.35. The molecule has 1 aliphatic rings. The van der Waals surface area contributed by atoms with Crippen LogP contribution >= 0.6 is 0 Å². The first-order valence-electron chi connectivity index (χ1n) is 10.2. The number of ether oxygens (including phenoxy) is 2. The number of amides is 1. The number of carbonyl (C=O) groups excluding carboxylic acids is 2. The summed E-state index contributed by atoms with van der Waals surface area (Å²) in [5.41, 5.74) is 0.637. The van der Waals surface area contributed by atoms with Gasteiger partial charge in [0.05, 0.1) is 25.3 Å². The molecule has 9 nitrogen and oxygen atoms in total. The van der Waals surface area contributed by atoms with E-state index in [2.05, 4.69) is 5.16 Å². The van der Waals surface area contributed by atoms with Crippen molar-refractivity contribution < 1.29 is 33.8 Å². The third-order valence-corrected chi connectivity index (χ3v) is 5.27. The number of hydrogen-bond donors (Lipinski definition) is 2. The van der Waals surface area contributed by atoms with E-state index in [1.165, 1.54) is 25.3 Å². The predicted molar refractivity (Wildman–Crippen MR) is 118 cm³/mol. The third-order valence-electron chi connectivity index (χ3n) is 5.27. The van der Waals surface area contributed by atoms with Gasteiger partial charge in [-0.15, -0.1) is 0 Å². The number of aliphatic hydroxyl groups is 1. The van der Waals surface area contributed by atoms with Crippen LogP contribution in [0.15, 0.2) is 58.6 Å². The second-order valence-corrected chi connectivity index (χ2v) is 7.35. The van der Waals surface area contributed by atoms with Crippen molar-refractivity contribution in [1.82, 2.24) is 5.16 Å². The lowest BCUT2D eigenvalue weighted by atomic mass is 9.95. The van der Waals surface area contributed by atoms with Crippen LogP contribution in [-0.4, -0.2) is 40.8 Å². The molecule has 0 aliphatic carbocycles. The zero-order valence-electron chi connectivity index (χ0n) is 18.2. The summed E-state index contributed by atoms with van der Waals surface area (Å²) < 4.78 is 15.7. The van der Waals surface area contributed by atoms with Crippen molar-refractivity contribution in [3.8, 4) is 17.2 Å². The van der Waals surface area contributed by atoms with E-state index < -0.39 is 17.7 Å². The number of ketones is 1. The van der Waals surface area contributed by atoms with Gasteiger partial charge < -0.3 is 24.2 Å². The number of hydrogen-bond acceptors (Lipinski definition) is 8. The third kappa shape index (κ3) is 3.89. The van der Waals surface area contributed by atoms with Gasteiger partial charge in [-0.05, 0) is 55.8 Å². The normalized spacial score (nSPS) is 17.4. The summed E-state index contributed by atoms with van der Waals surface area (Å²) >= 11 is 0. The lowest BCUT2D eigenvalue weighted by Gasteiger charge is -2.23. The van der Waals surface area contributed by atoms with Gasteiger partial charge in [0.15, 0.2) is 17.3 Å². The van der Waals surface area contributed by atoms with Crippen LogP contribution < -0.4 is 14.4 Å². The van der Waals surface area contributed by atoms with Crippen LogP contribution in [0.25, 0.3) is 5.76 Å². The van der Waals surface area contributed by atoms with Crippen molar-refractivity contribution in [2.24, 2.45) is 0 Å². The van der Waals surface area contributed by atoms with Crippen LogP contribution in [0.5, 0.6) is 17.2 Å². The lowest BCUT2D eigenvalue weighted by Crippen LogP contribution is -2.29. The number of rotatable bonds is 6. The highest BCUT2D eigenvalue weighted by molar-refractivity contribution is 6.51. The number of aliphatic hydroxyl groups excluding tert-OH is 1. The highest BCUT2D eigenvalue weighted by atomic mass is 16.5. The van der Waals surface area contributed by atoms with Crippen molar-refractivity contribution in [1.29, 1.82) is 0 Å². The van der Waals surface area contributed by atoms with E-state index in [0.29, 0.717) is 29.2 Å². The van der Waals surface area contributed by atoms with E-state index in [-0.39, 0.29) is 28.6 Å². The number of phenolic OH excluding ortho intramolecular Hbond substituents is 1. The molecule has 4 rings (SSSR count). The number of phenols is 1. The van der Waals surface area contributed by atoms with Gasteiger partial charge in [0, 0.05) is 11.6 Å². The molecule has 0 saturated carbocycles. The molecule has 0 spiro atoms. The molecule has 0 radical (unpaired) electrons. The number of benzene rings is 2. The number of aromatic nitrogens is 1. The molecule has 9 heteroatoms. The Labute approximate surface area is 189 Å². The summed E-state index contributed by atoms with van der Waals surface area (Å²) in [7, 11) is 1.39. The topological polar surface area (TPSA) is 122 Å². The molecular formula is C24H22N2O7. The van der Waals surface area contributed by atoms with Gasteiger partial charge in [-0.2, -0.15) is 0 Å². The molecule has 1 fully saturated rings. The maximum absolute atomic E-state index is 13.1. The number of aryl methyl sites for hydroxylation is 1. The van der Waals surface area contributed by atoms with Gasteiger partial charge in [0.1, 0.15) is 17.3 Å². The minimum absolute atomic E-state index is 0.109. The first-order valence-corrected chi connectivity index (χ1v) is 10.2. The number of Topliss-reactive ketones (excluding diaryl/α,β-unsaturated/α-hetero) is 1. The van der Waals surface area contributed by atoms with Crippen molar-refractivity contribution in [3.05, 3.63) is 71.0 Å². The predicted octanol–water partition coefficient (Wildman–Crippen LogP) is 3.72. The first kappa shape index (κ1) is 21.9. The molecule has 170 valence electrons. The molecule has 2 heterocycles. The number of nitrogens with zero attached hydrogens (tertiary/aromatic N) is 2. The molecule has 1 unspecified atom stereocenters. The Hall–Kier alpha value is -4.27. The van der Waals surface area contributed by atoms with Crippen LogP contribution in [0.2, 0.25) is 0 Å². The maximum atomic E-state index is 13.1. The van der Waals surface area contributed by atoms with Crippen molar-refractivity contribution in [3.63, 3.8) is 0 Å². The highest BCUT2D eigenvalue weighted by Crippen LogP contribution is 2.43. The Morgan fingerprint density at radius 3 is 2.48 bits per heavy atom. The molecule has 1 saturated heterocycles. The van der Waals surface area contributed by atoms with E-state index in [0.717, 1.165) is 4.90 Å². The van der Waals surface area contributed by atoms with E-state index >= 15 is 0 Å². The fourth-order valence-electron chi connectivity index (χ4n) is 3.75. The number of anilines is 1. The fourth-order valence-corrected chi connectivity index (χ4v) is 3.75. The van der Waals surface area contributed by atoms with Gasteiger partial charge in [-0.3, -0.25) is 14.5 Å². The van der Waals surface area contributed by atoms with E-state index in [4.69, 9.17) is 14.0 Å². The Morgan fingerprint density at radius 2 is 1.88 bits per heavy atom. The molecule has 1 aliphatic heterocycles. The minimum Gasteiger partial charge on any atom is -0.507 e. The van der Waals surface area contributed by atoms with Gasteiger partial charge in [-0.25, -0.2) is 0 Å². The molecule has 3 aromatic rings. The smallest absolute Gasteiger partial charge is 0.301 e. The van der Waals surface area contributed by atoms with E-state index in [9.17, 15) is 19.8 Å². The minimum atomic E-state index is -1.03. The maximum Gasteiger partial charge on any atom is 0.301 e. The summed E-state index contributed by atoms with van der Waals surface area (Å²) in [4.78, 5) is 27.3. The largest absolute Gasteiger partial charge is 0.507 e. The summed E-state index contributed by atoms with van der Waals surface area (Å²) in [6.45, 7) is 3.99. The SMILES string of the molecule is CCOc1ccc(C(O)=C2C(=O)C(=O)N(c3cc(C)on3)C2c2ccc(O)c(OC)c2)cc1. The molecule has 2 N–H and O–H groups in total.